The maximum Gasteiger partial charge on any atom is 0.272 e. The number of halogens is 1. The minimum Gasteiger partial charge on any atom is -0.336 e. The first-order chi connectivity index (χ1) is 13.2. The maximum atomic E-state index is 12.9. The van der Waals surface area contributed by atoms with Crippen LogP contribution in [0.2, 0.25) is 5.02 Å². The summed E-state index contributed by atoms with van der Waals surface area (Å²) in [4.78, 5) is 21.6. The zero-order valence-corrected chi connectivity index (χ0v) is 15.8. The van der Waals surface area contributed by atoms with E-state index in [4.69, 9.17) is 11.6 Å². The van der Waals surface area contributed by atoms with Crippen LogP contribution in [0, 0.1) is 0 Å². The molecule has 0 bridgehead atoms. The maximum absolute atomic E-state index is 12.9. The van der Waals surface area contributed by atoms with E-state index >= 15 is 0 Å². The topological polar surface area (TPSA) is 54.3 Å². The molecule has 1 saturated heterocycles. The first-order valence-corrected chi connectivity index (χ1v) is 9.61. The molecular weight excluding hydrogens is 362 g/mol. The number of hydrogen-bond donors (Lipinski definition) is 0. The number of carbonyl (C=O) groups is 1. The summed E-state index contributed by atoms with van der Waals surface area (Å²) in [6, 6.07) is 9.87. The Morgan fingerprint density at radius 2 is 1.89 bits per heavy atom. The molecule has 0 aliphatic carbocycles. The second kappa shape index (κ2) is 8.06. The van der Waals surface area contributed by atoms with Gasteiger partial charge in [0, 0.05) is 44.0 Å². The summed E-state index contributed by atoms with van der Waals surface area (Å²) in [6.07, 6.45) is 6.22. The predicted molar refractivity (Wildman–Crippen MR) is 106 cm³/mol. The summed E-state index contributed by atoms with van der Waals surface area (Å²) in [6.45, 7) is 5.00. The Hall–Kier alpha value is -2.44. The Balaban J connectivity index is 1.37. The van der Waals surface area contributed by atoms with Crippen molar-refractivity contribution in [3.63, 3.8) is 0 Å². The minimum absolute atomic E-state index is 0.0152. The molecule has 1 aliphatic rings. The average molecular weight is 384 g/mol. The largest absolute Gasteiger partial charge is 0.336 e. The van der Waals surface area contributed by atoms with E-state index in [9.17, 15) is 4.79 Å². The fraction of sp³-hybridized carbons (Fsp3) is 0.350. The SMILES string of the molecule is O=C(c1cc2ccccc2cn1)N1CCCN(CCn2cc(Cl)cn2)CC1. The van der Waals surface area contributed by atoms with Gasteiger partial charge >= 0.3 is 0 Å². The van der Waals surface area contributed by atoms with Crippen LogP contribution in [0.3, 0.4) is 0 Å². The van der Waals surface area contributed by atoms with Crippen LogP contribution in [0.1, 0.15) is 16.9 Å². The lowest BCUT2D eigenvalue weighted by atomic mass is 10.1. The van der Waals surface area contributed by atoms with E-state index in [1.165, 1.54) is 0 Å². The molecule has 3 aromatic rings. The third-order valence-electron chi connectivity index (χ3n) is 4.97. The van der Waals surface area contributed by atoms with Gasteiger partial charge in [-0.25, -0.2) is 0 Å². The summed E-state index contributed by atoms with van der Waals surface area (Å²) < 4.78 is 1.86. The molecule has 0 radical (unpaired) electrons. The number of benzene rings is 1. The Labute approximate surface area is 163 Å². The molecule has 0 N–H and O–H groups in total. The molecule has 0 spiro atoms. The highest BCUT2D eigenvalue weighted by Crippen LogP contribution is 2.15. The monoisotopic (exact) mass is 383 g/mol. The smallest absolute Gasteiger partial charge is 0.272 e. The van der Waals surface area contributed by atoms with E-state index in [0.717, 1.165) is 49.9 Å². The molecule has 0 atom stereocenters. The zero-order valence-electron chi connectivity index (χ0n) is 15.1. The third-order valence-corrected chi connectivity index (χ3v) is 5.17. The Morgan fingerprint density at radius 1 is 1.04 bits per heavy atom. The molecule has 1 aromatic carbocycles. The van der Waals surface area contributed by atoms with Crippen molar-refractivity contribution in [1.82, 2.24) is 24.6 Å². The van der Waals surface area contributed by atoms with Gasteiger partial charge in [0.15, 0.2) is 0 Å². The van der Waals surface area contributed by atoms with Gasteiger partial charge in [-0.3, -0.25) is 19.4 Å². The second-order valence-corrected chi connectivity index (χ2v) is 7.26. The van der Waals surface area contributed by atoms with Crippen molar-refractivity contribution in [3.8, 4) is 0 Å². The molecule has 3 heterocycles. The van der Waals surface area contributed by atoms with E-state index in [1.54, 1.807) is 12.4 Å². The van der Waals surface area contributed by atoms with Crippen LogP contribution in [-0.2, 0) is 6.54 Å². The summed E-state index contributed by atoms with van der Waals surface area (Å²) in [5, 5.41) is 6.97. The van der Waals surface area contributed by atoms with Crippen molar-refractivity contribution >= 4 is 28.3 Å². The first kappa shape index (κ1) is 17.9. The van der Waals surface area contributed by atoms with Crippen LogP contribution < -0.4 is 0 Å². The highest BCUT2D eigenvalue weighted by atomic mass is 35.5. The third kappa shape index (κ3) is 4.28. The van der Waals surface area contributed by atoms with Gasteiger partial charge in [-0.05, 0) is 24.4 Å². The highest BCUT2D eigenvalue weighted by molar-refractivity contribution is 6.30. The van der Waals surface area contributed by atoms with E-state index in [2.05, 4.69) is 15.0 Å². The number of aromatic nitrogens is 3. The average Bonchev–Trinajstić information content (AvgIpc) is 2.97. The number of fused-ring (bicyclic) bond motifs is 1. The molecule has 1 amide bonds. The van der Waals surface area contributed by atoms with Crippen LogP contribution in [0.25, 0.3) is 10.8 Å². The van der Waals surface area contributed by atoms with Crippen molar-refractivity contribution < 1.29 is 4.79 Å². The molecule has 0 unspecified atom stereocenters. The molecular formula is C20H22ClN5O. The van der Waals surface area contributed by atoms with Gasteiger partial charge in [0.1, 0.15) is 5.69 Å². The van der Waals surface area contributed by atoms with Crippen LogP contribution >= 0.6 is 11.6 Å². The Kier molecular flexibility index (Phi) is 5.36. The van der Waals surface area contributed by atoms with E-state index in [0.29, 0.717) is 17.3 Å². The van der Waals surface area contributed by atoms with Crippen molar-refractivity contribution in [2.24, 2.45) is 0 Å². The van der Waals surface area contributed by atoms with Crippen LogP contribution in [0.4, 0.5) is 0 Å². The number of nitrogens with zero attached hydrogens (tertiary/aromatic N) is 5. The van der Waals surface area contributed by atoms with Crippen LogP contribution in [0.15, 0.2) is 48.9 Å². The Bertz CT molecular complexity index is 941. The fourth-order valence-electron chi connectivity index (χ4n) is 3.46. The first-order valence-electron chi connectivity index (χ1n) is 9.23. The lowest BCUT2D eigenvalue weighted by Gasteiger charge is -2.21. The molecule has 7 heteroatoms. The molecule has 27 heavy (non-hydrogen) atoms. The van der Waals surface area contributed by atoms with Gasteiger partial charge in [-0.1, -0.05) is 35.9 Å². The molecule has 1 fully saturated rings. The minimum atomic E-state index is 0.0152. The van der Waals surface area contributed by atoms with Gasteiger partial charge in [0.25, 0.3) is 5.91 Å². The molecule has 1 aliphatic heterocycles. The van der Waals surface area contributed by atoms with E-state index in [-0.39, 0.29) is 5.91 Å². The van der Waals surface area contributed by atoms with Gasteiger partial charge in [-0.2, -0.15) is 5.10 Å². The Morgan fingerprint density at radius 3 is 2.70 bits per heavy atom. The van der Waals surface area contributed by atoms with Crippen molar-refractivity contribution in [2.45, 2.75) is 13.0 Å². The molecule has 4 rings (SSSR count). The molecule has 140 valence electrons. The molecule has 0 saturated carbocycles. The van der Waals surface area contributed by atoms with E-state index in [1.807, 2.05) is 46.1 Å². The van der Waals surface area contributed by atoms with Crippen molar-refractivity contribution in [3.05, 3.63) is 59.6 Å². The fourth-order valence-corrected chi connectivity index (χ4v) is 3.62. The van der Waals surface area contributed by atoms with Gasteiger partial charge < -0.3 is 4.90 Å². The van der Waals surface area contributed by atoms with Crippen LogP contribution in [0.5, 0.6) is 0 Å². The second-order valence-electron chi connectivity index (χ2n) is 6.83. The number of carbonyl (C=O) groups excluding carboxylic acids is 1. The number of rotatable bonds is 4. The lowest BCUT2D eigenvalue weighted by Crippen LogP contribution is -2.36. The summed E-state index contributed by atoms with van der Waals surface area (Å²) >= 11 is 5.91. The number of amides is 1. The number of hydrogen-bond acceptors (Lipinski definition) is 4. The predicted octanol–water partition coefficient (Wildman–Crippen LogP) is 2.93. The zero-order chi connectivity index (χ0) is 18.6. The quantitative estimate of drug-likeness (QED) is 0.695. The van der Waals surface area contributed by atoms with Crippen molar-refractivity contribution in [1.29, 1.82) is 0 Å². The summed E-state index contributed by atoms with van der Waals surface area (Å²) in [5.74, 6) is 0.0152. The highest BCUT2D eigenvalue weighted by Gasteiger charge is 2.21. The summed E-state index contributed by atoms with van der Waals surface area (Å²) in [7, 11) is 0. The van der Waals surface area contributed by atoms with Gasteiger partial charge in [0.05, 0.1) is 17.8 Å². The summed E-state index contributed by atoms with van der Waals surface area (Å²) in [5.41, 5.74) is 0.522. The normalized spacial score (nSPS) is 15.8. The number of pyridine rings is 1. The van der Waals surface area contributed by atoms with Gasteiger partial charge in [0.2, 0.25) is 0 Å². The van der Waals surface area contributed by atoms with Crippen LogP contribution in [-0.4, -0.2) is 63.2 Å². The van der Waals surface area contributed by atoms with E-state index < -0.39 is 0 Å². The molecule has 2 aromatic heterocycles. The standard InChI is InChI=1S/C20H22ClN5O/c21-18-14-23-26(15-18)11-9-24-6-3-7-25(10-8-24)20(27)19-12-16-4-1-2-5-17(16)13-22-19/h1-2,4-5,12-15H,3,6-11H2. The molecule has 6 nitrogen and oxygen atoms in total. The lowest BCUT2D eigenvalue weighted by molar-refractivity contribution is 0.0755. The van der Waals surface area contributed by atoms with Gasteiger partial charge in [-0.15, -0.1) is 0 Å². The van der Waals surface area contributed by atoms with Crippen molar-refractivity contribution in [2.75, 3.05) is 32.7 Å².